The first-order valence-corrected chi connectivity index (χ1v) is 5.98. The maximum Gasteiger partial charge on any atom is 0.335 e. The van der Waals surface area contributed by atoms with Gasteiger partial charge in [0.1, 0.15) is 0 Å². The molecule has 100 valence electrons. The van der Waals surface area contributed by atoms with Crippen LogP contribution in [0.15, 0.2) is 18.2 Å². The molecule has 0 aromatic heterocycles. The first-order valence-electron chi connectivity index (χ1n) is 5.98. The molecule has 5 nitrogen and oxygen atoms in total. The highest BCUT2D eigenvalue weighted by atomic mass is 16.4. The van der Waals surface area contributed by atoms with Gasteiger partial charge in [-0.3, -0.25) is 0 Å². The van der Waals surface area contributed by atoms with Crippen molar-refractivity contribution in [1.82, 2.24) is 0 Å². The van der Waals surface area contributed by atoms with Crippen LogP contribution in [0.25, 0.3) is 0 Å². The number of carboxylic acids is 1. The number of hydrogen-bond donors (Lipinski definition) is 3. The van der Waals surface area contributed by atoms with E-state index in [1.54, 1.807) is 12.1 Å². The van der Waals surface area contributed by atoms with Crippen LogP contribution in [0.2, 0.25) is 0 Å². The molecule has 18 heavy (non-hydrogen) atoms. The Morgan fingerprint density at radius 1 is 1.50 bits per heavy atom. The smallest absolute Gasteiger partial charge is 0.335 e. The fourth-order valence-corrected chi connectivity index (χ4v) is 1.81. The third-order valence-corrected chi connectivity index (χ3v) is 2.84. The summed E-state index contributed by atoms with van der Waals surface area (Å²) >= 11 is 0. The van der Waals surface area contributed by atoms with Gasteiger partial charge in [0.25, 0.3) is 0 Å². The van der Waals surface area contributed by atoms with Gasteiger partial charge in [-0.25, -0.2) is 4.79 Å². The topological polar surface area (TPSA) is 86.8 Å². The molecule has 0 spiro atoms. The first kappa shape index (κ1) is 14.3. The van der Waals surface area contributed by atoms with Gasteiger partial charge >= 0.3 is 5.97 Å². The van der Waals surface area contributed by atoms with Gasteiger partial charge in [0, 0.05) is 19.7 Å². The lowest BCUT2D eigenvalue weighted by molar-refractivity contribution is 0.0697. The zero-order valence-electron chi connectivity index (χ0n) is 10.8. The van der Waals surface area contributed by atoms with E-state index in [-0.39, 0.29) is 18.1 Å². The van der Waals surface area contributed by atoms with Crippen LogP contribution >= 0.6 is 0 Å². The average Bonchev–Trinajstić information content (AvgIpc) is 2.35. The van der Waals surface area contributed by atoms with Crippen molar-refractivity contribution in [1.29, 1.82) is 0 Å². The Hall–Kier alpha value is -1.75. The van der Waals surface area contributed by atoms with E-state index in [1.165, 1.54) is 6.07 Å². The van der Waals surface area contributed by atoms with Gasteiger partial charge in [0.05, 0.1) is 16.9 Å². The SMILES string of the molecule is CCN(CC(C)CO)c1ccc(C(=O)O)cc1N. The molecule has 1 aromatic rings. The first-order chi connectivity index (χ1) is 8.49. The highest BCUT2D eigenvalue weighted by molar-refractivity contribution is 5.90. The number of carboxylic acid groups (broad SMARTS) is 1. The number of anilines is 2. The van der Waals surface area contributed by atoms with Gasteiger partial charge in [0.15, 0.2) is 0 Å². The highest BCUT2D eigenvalue weighted by Crippen LogP contribution is 2.25. The lowest BCUT2D eigenvalue weighted by Crippen LogP contribution is -2.30. The maximum absolute atomic E-state index is 10.8. The third kappa shape index (κ3) is 3.37. The zero-order chi connectivity index (χ0) is 13.7. The van der Waals surface area contributed by atoms with Crippen molar-refractivity contribution < 1.29 is 15.0 Å². The molecule has 0 aliphatic heterocycles. The van der Waals surface area contributed by atoms with Gasteiger partial charge in [-0.1, -0.05) is 6.92 Å². The molecule has 1 unspecified atom stereocenters. The number of aliphatic hydroxyl groups excluding tert-OH is 1. The summed E-state index contributed by atoms with van der Waals surface area (Å²) in [4.78, 5) is 12.9. The molecular weight excluding hydrogens is 232 g/mol. The van der Waals surface area contributed by atoms with Gasteiger partial charge in [-0.05, 0) is 31.0 Å². The minimum absolute atomic E-state index is 0.115. The van der Waals surface area contributed by atoms with Crippen molar-refractivity contribution in [2.75, 3.05) is 30.3 Å². The molecule has 4 N–H and O–H groups in total. The maximum atomic E-state index is 10.8. The van der Waals surface area contributed by atoms with E-state index < -0.39 is 5.97 Å². The Morgan fingerprint density at radius 2 is 2.17 bits per heavy atom. The predicted molar refractivity (Wildman–Crippen MR) is 72.0 cm³/mol. The minimum Gasteiger partial charge on any atom is -0.478 e. The second-order valence-corrected chi connectivity index (χ2v) is 4.41. The molecule has 0 bridgehead atoms. The molecule has 5 heteroatoms. The van der Waals surface area contributed by atoms with Crippen LogP contribution in [0, 0.1) is 5.92 Å². The molecular formula is C13H20N2O3. The van der Waals surface area contributed by atoms with Gasteiger partial charge in [-0.15, -0.1) is 0 Å². The van der Waals surface area contributed by atoms with E-state index in [0.29, 0.717) is 12.2 Å². The number of nitrogens with two attached hydrogens (primary N) is 1. The molecule has 0 aliphatic rings. The van der Waals surface area contributed by atoms with Crippen LogP contribution in [0.4, 0.5) is 11.4 Å². The number of nitrogens with zero attached hydrogens (tertiary/aromatic N) is 1. The fraction of sp³-hybridized carbons (Fsp3) is 0.462. The summed E-state index contributed by atoms with van der Waals surface area (Å²) in [5.41, 5.74) is 7.32. The van der Waals surface area contributed by atoms with Crippen molar-refractivity contribution in [2.24, 2.45) is 5.92 Å². The summed E-state index contributed by atoms with van der Waals surface area (Å²) in [5, 5.41) is 18.0. The van der Waals surface area contributed by atoms with Crippen molar-refractivity contribution in [2.45, 2.75) is 13.8 Å². The van der Waals surface area contributed by atoms with Gasteiger partial charge in [0.2, 0.25) is 0 Å². The monoisotopic (exact) mass is 252 g/mol. The van der Waals surface area contributed by atoms with E-state index in [9.17, 15) is 4.79 Å². The summed E-state index contributed by atoms with van der Waals surface area (Å²) in [6.45, 7) is 5.49. The molecule has 1 rings (SSSR count). The van der Waals surface area contributed by atoms with Gasteiger partial charge < -0.3 is 20.8 Å². The standard InChI is InChI=1S/C13H20N2O3/c1-3-15(7-9(2)8-16)12-5-4-10(13(17)18)6-11(12)14/h4-6,9,16H,3,7-8,14H2,1-2H3,(H,17,18). The predicted octanol–water partition coefficient (Wildman–Crippen LogP) is 1.42. The quantitative estimate of drug-likeness (QED) is 0.667. The van der Waals surface area contributed by atoms with E-state index in [2.05, 4.69) is 0 Å². The number of aromatic carboxylic acids is 1. The molecule has 1 atom stereocenters. The van der Waals surface area contributed by atoms with Crippen LogP contribution in [0.1, 0.15) is 24.2 Å². The van der Waals surface area contributed by atoms with Crippen molar-refractivity contribution in [3.8, 4) is 0 Å². The summed E-state index contributed by atoms with van der Waals surface area (Å²) in [6.07, 6.45) is 0. The van der Waals surface area contributed by atoms with E-state index in [1.807, 2.05) is 18.7 Å². The summed E-state index contributed by atoms with van der Waals surface area (Å²) in [5.74, 6) is -0.844. The number of aliphatic hydroxyl groups is 1. The molecule has 0 heterocycles. The average molecular weight is 252 g/mol. The zero-order valence-corrected chi connectivity index (χ0v) is 10.8. The number of nitrogen functional groups attached to an aromatic ring is 1. The normalized spacial score (nSPS) is 12.2. The fourth-order valence-electron chi connectivity index (χ4n) is 1.81. The Balaban J connectivity index is 2.96. The van der Waals surface area contributed by atoms with Crippen LogP contribution in [0.3, 0.4) is 0 Å². The number of rotatable bonds is 6. The molecule has 0 saturated carbocycles. The Morgan fingerprint density at radius 3 is 2.61 bits per heavy atom. The molecule has 0 radical (unpaired) electrons. The number of benzene rings is 1. The minimum atomic E-state index is -0.986. The molecule has 0 aliphatic carbocycles. The largest absolute Gasteiger partial charge is 0.478 e. The van der Waals surface area contributed by atoms with E-state index >= 15 is 0 Å². The van der Waals surface area contributed by atoms with Crippen LogP contribution in [-0.2, 0) is 0 Å². The Labute approximate surface area is 107 Å². The number of hydrogen-bond acceptors (Lipinski definition) is 4. The summed E-state index contributed by atoms with van der Waals surface area (Å²) < 4.78 is 0. The second kappa shape index (κ2) is 6.26. The lowest BCUT2D eigenvalue weighted by Gasteiger charge is -2.27. The molecule has 0 fully saturated rings. The van der Waals surface area contributed by atoms with E-state index in [0.717, 1.165) is 12.2 Å². The molecule has 1 aromatic carbocycles. The third-order valence-electron chi connectivity index (χ3n) is 2.84. The van der Waals surface area contributed by atoms with Crippen LogP contribution in [0.5, 0.6) is 0 Å². The van der Waals surface area contributed by atoms with Crippen LogP contribution in [-0.4, -0.2) is 35.9 Å². The van der Waals surface area contributed by atoms with E-state index in [4.69, 9.17) is 15.9 Å². The molecule has 0 amide bonds. The molecule has 0 saturated heterocycles. The summed E-state index contributed by atoms with van der Waals surface area (Å²) in [6, 6.07) is 4.72. The Bertz CT molecular complexity index is 421. The number of carbonyl (C=O) groups is 1. The lowest BCUT2D eigenvalue weighted by atomic mass is 10.1. The van der Waals surface area contributed by atoms with Crippen molar-refractivity contribution >= 4 is 17.3 Å². The van der Waals surface area contributed by atoms with Crippen LogP contribution < -0.4 is 10.6 Å². The van der Waals surface area contributed by atoms with Gasteiger partial charge in [-0.2, -0.15) is 0 Å². The highest BCUT2D eigenvalue weighted by Gasteiger charge is 2.13. The van der Waals surface area contributed by atoms with Crippen molar-refractivity contribution in [3.63, 3.8) is 0 Å². The summed E-state index contributed by atoms with van der Waals surface area (Å²) in [7, 11) is 0. The van der Waals surface area contributed by atoms with Crippen molar-refractivity contribution in [3.05, 3.63) is 23.8 Å². The Kier molecular flexibility index (Phi) is 4.97. The second-order valence-electron chi connectivity index (χ2n) is 4.41.